The molecule has 0 aliphatic rings. The third kappa shape index (κ3) is 5.65. The zero-order valence-corrected chi connectivity index (χ0v) is 21.2. The standard InChI is InChI=1S/C24H34N4O4S/c1-15(2)26-23(31)24(4,5)28(14-29)21(30)19-16(3)20(25)33-22(19)27(6)13-12-17-10-8-9-11-18(17)32-7/h8-11,14-15H,12-13,25H2,1-7H3,(H,26,31). The van der Waals surface area contributed by atoms with E-state index in [0.717, 1.165) is 16.2 Å². The second-order valence-electron chi connectivity index (χ2n) is 8.72. The first-order chi connectivity index (χ1) is 15.4. The van der Waals surface area contributed by atoms with E-state index in [1.807, 2.05) is 50.1 Å². The van der Waals surface area contributed by atoms with Gasteiger partial charge in [0.2, 0.25) is 12.3 Å². The minimum atomic E-state index is -1.38. The molecule has 2 rings (SSSR count). The molecule has 0 spiro atoms. The van der Waals surface area contributed by atoms with Gasteiger partial charge in [0.25, 0.3) is 5.91 Å². The van der Waals surface area contributed by atoms with E-state index < -0.39 is 17.4 Å². The van der Waals surface area contributed by atoms with Crippen LogP contribution in [0.3, 0.4) is 0 Å². The Morgan fingerprint density at radius 2 is 1.91 bits per heavy atom. The van der Waals surface area contributed by atoms with Gasteiger partial charge in [-0.25, -0.2) is 0 Å². The Bertz CT molecular complexity index is 1020. The van der Waals surface area contributed by atoms with Crippen molar-refractivity contribution in [2.45, 2.75) is 52.6 Å². The van der Waals surface area contributed by atoms with Gasteiger partial charge in [-0.15, -0.1) is 11.3 Å². The van der Waals surface area contributed by atoms with Crippen LogP contribution < -0.4 is 20.7 Å². The minimum absolute atomic E-state index is 0.129. The van der Waals surface area contributed by atoms with Crippen LogP contribution in [0.4, 0.5) is 10.0 Å². The van der Waals surface area contributed by atoms with Crippen molar-refractivity contribution in [2.75, 3.05) is 31.3 Å². The maximum Gasteiger partial charge on any atom is 0.264 e. The van der Waals surface area contributed by atoms with E-state index >= 15 is 0 Å². The molecular formula is C24H34N4O4S. The first-order valence-corrected chi connectivity index (χ1v) is 11.6. The molecule has 3 amide bonds. The monoisotopic (exact) mass is 474 g/mol. The van der Waals surface area contributed by atoms with Crippen LogP contribution >= 0.6 is 11.3 Å². The fourth-order valence-electron chi connectivity index (χ4n) is 3.44. The third-order valence-corrected chi connectivity index (χ3v) is 6.77. The normalized spacial score (nSPS) is 11.3. The van der Waals surface area contributed by atoms with Crippen LogP contribution in [0.25, 0.3) is 0 Å². The largest absolute Gasteiger partial charge is 0.496 e. The first-order valence-electron chi connectivity index (χ1n) is 10.8. The number of nitrogens with two attached hydrogens (primary N) is 1. The summed E-state index contributed by atoms with van der Waals surface area (Å²) in [6.07, 6.45) is 1.10. The van der Waals surface area contributed by atoms with Crippen molar-refractivity contribution in [3.8, 4) is 5.75 Å². The quantitative estimate of drug-likeness (QED) is 0.512. The number of ether oxygens (including phenoxy) is 1. The summed E-state index contributed by atoms with van der Waals surface area (Å²) in [5.41, 5.74) is 6.77. The smallest absolute Gasteiger partial charge is 0.264 e. The van der Waals surface area contributed by atoms with Gasteiger partial charge in [0.05, 0.1) is 17.7 Å². The molecule has 0 bridgehead atoms. The van der Waals surface area contributed by atoms with Crippen LogP contribution in [0.1, 0.15) is 49.2 Å². The number of imide groups is 1. The second-order valence-corrected chi connectivity index (χ2v) is 9.75. The van der Waals surface area contributed by atoms with Crippen molar-refractivity contribution in [2.24, 2.45) is 0 Å². The molecule has 0 saturated heterocycles. The molecule has 1 aromatic carbocycles. The van der Waals surface area contributed by atoms with Crippen molar-refractivity contribution in [3.05, 3.63) is 41.0 Å². The number of methoxy groups -OCH3 is 1. The van der Waals surface area contributed by atoms with Crippen LogP contribution in [0.15, 0.2) is 24.3 Å². The van der Waals surface area contributed by atoms with Gasteiger partial charge in [0, 0.05) is 19.6 Å². The summed E-state index contributed by atoms with van der Waals surface area (Å²) >= 11 is 1.29. The number of thiophene rings is 1. The average Bonchev–Trinajstić information content (AvgIpc) is 3.06. The first kappa shape index (κ1) is 26.2. The molecule has 0 aliphatic carbocycles. The van der Waals surface area contributed by atoms with E-state index in [2.05, 4.69) is 5.32 Å². The Morgan fingerprint density at radius 1 is 1.27 bits per heavy atom. The van der Waals surface area contributed by atoms with E-state index in [1.54, 1.807) is 27.9 Å². The summed E-state index contributed by atoms with van der Waals surface area (Å²) in [5.74, 6) is -0.169. The fraction of sp³-hybridized carbons (Fsp3) is 0.458. The molecule has 0 aliphatic heterocycles. The van der Waals surface area contributed by atoms with Gasteiger partial charge in [0.1, 0.15) is 16.3 Å². The number of hydrogen-bond acceptors (Lipinski definition) is 7. The molecule has 33 heavy (non-hydrogen) atoms. The lowest BCUT2D eigenvalue weighted by molar-refractivity contribution is -0.136. The van der Waals surface area contributed by atoms with Gasteiger partial charge >= 0.3 is 0 Å². The van der Waals surface area contributed by atoms with Crippen LogP contribution in [-0.4, -0.2) is 55.4 Å². The van der Waals surface area contributed by atoms with E-state index in [0.29, 0.717) is 40.5 Å². The molecule has 180 valence electrons. The Hall–Kier alpha value is -3.07. The Morgan fingerprint density at radius 3 is 2.48 bits per heavy atom. The Balaban J connectivity index is 2.36. The molecule has 1 heterocycles. The fourth-order valence-corrected chi connectivity index (χ4v) is 4.49. The van der Waals surface area contributed by atoms with Gasteiger partial charge in [-0.3, -0.25) is 19.3 Å². The number of para-hydroxylation sites is 1. The summed E-state index contributed by atoms with van der Waals surface area (Å²) < 4.78 is 5.43. The van der Waals surface area contributed by atoms with Crippen molar-refractivity contribution < 1.29 is 19.1 Å². The van der Waals surface area contributed by atoms with Crippen LogP contribution in [0.2, 0.25) is 0 Å². The molecule has 0 atom stereocenters. The van der Waals surface area contributed by atoms with Gasteiger partial charge in [0.15, 0.2) is 0 Å². The highest BCUT2D eigenvalue weighted by molar-refractivity contribution is 7.20. The predicted molar refractivity (Wildman–Crippen MR) is 133 cm³/mol. The topological polar surface area (TPSA) is 105 Å². The lowest BCUT2D eigenvalue weighted by Crippen LogP contribution is -2.57. The van der Waals surface area contributed by atoms with E-state index in [9.17, 15) is 14.4 Å². The zero-order chi connectivity index (χ0) is 24.9. The van der Waals surface area contributed by atoms with Gasteiger partial charge < -0.3 is 20.7 Å². The highest BCUT2D eigenvalue weighted by Gasteiger charge is 2.40. The number of rotatable bonds is 10. The van der Waals surface area contributed by atoms with Gasteiger partial charge in [-0.2, -0.15) is 0 Å². The molecule has 3 N–H and O–H groups in total. The minimum Gasteiger partial charge on any atom is -0.496 e. The van der Waals surface area contributed by atoms with Gasteiger partial charge in [-0.1, -0.05) is 18.2 Å². The summed E-state index contributed by atoms with van der Waals surface area (Å²) in [6, 6.07) is 7.64. The summed E-state index contributed by atoms with van der Waals surface area (Å²) in [4.78, 5) is 41.2. The lowest BCUT2D eigenvalue weighted by Gasteiger charge is -2.34. The van der Waals surface area contributed by atoms with E-state index in [-0.39, 0.29) is 6.04 Å². The third-order valence-electron chi connectivity index (χ3n) is 5.54. The SMILES string of the molecule is COc1ccccc1CCN(C)c1sc(N)c(C)c1C(=O)N(C=O)C(C)(C)C(=O)NC(C)C. The summed E-state index contributed by atoms with van der Waals surface area (Å²) in [5, 5.41) is 3.92. The molecule has 8 nitrogen and oxygen atoms in total. The van der Waals surface area contributed by atoms with Crippen LogP contribution in [-0.2, 0) is 16.0 Å². The Labute approximate surface area is 199 Å². The number of amides is 3. The van der Waals surface area contributed by atoms with Crippen molar-refractivity contribution in [1.82, 2.24) is 10.2 Å². The number of nitrogen functional groups attached to an aromatic ring is 1. The maximum absolute atomic E-state index is 13.6. The molecule has 0 unspecified atom stereocenters. The number of carbonyl (C=O) groups is 3. The molecule has 2 aromatic rings. The molecule has 0 radical (unpaired) electrons. The zero-order valence-electron chi connectivity index (χ0n) is 20.4. The average molecular weight is 475 g/mol. The highest BCUT2D eigenvalue weighted by atomic mass is 32.1. The highest BCUT2D eigenvalue weighted by Crippen LogP contribution is 2.39. The van der Waals surface area contributed by atoms with Crippen molar-refractivity contribution in [3.63, 3.8) is 0 Å². The Kier molecular flexibility index (Phi) is 8.49. The molecule has 1 aromatic heterocycles. The number of nitrogens with one attached hydrogen (secondary N) is 1. The summed E-state index contributed by atoms with van der Waals surface area (Å²) in [7, 11) is 3.51. The van der Waals surface area contributed by atoms with Crippen LogP contribution in [0.5, 0.6) is 5.75 Å². The lowest BCUT2D eigenvalue weighted by atomic mass is 9.99. The van der Waals surface area contributed by atoms with E-state index in [1.165, 1.54) is 11.3 Å². The molecular weight excluding hydrogens is 440 g/mol. The number of nitrogens with zero attached hydrogens (tertiary/aromatic N) is 2. The van der Waals surface area contributed by atoms with Crippen LogP contribution in [0, 0.1) is 6.92 Å². The molecule has 0 fully saturated rings. The molecule has 0 saturated carbocycles. The summed E-state index contributed by atoms with van der Waals surface area (Å²) in [6.45, 7) is 9.08. The predicted octanol–water partition coefficient (Wildman–Crippen LogP) is 3.23. The molecule has 9 heteroatoms. The number of anilines is 2. The van der Waals surface area contributed by atoms with Gasteiger partial charge in [-0.05, 0) is 58.2 Å². The number of benzene rings is 1. The van der Waals surface area contributed by atoms with Crippen molar-refractivity contribution >= 4 is 39.6 Å². The second kappa shape index (κ2) is 10.7. The number of carbonyl (C=O) groups excluding carboxylic acids is 3. The van der Waals surface area contributed by atoms with Crippen molar-refractivity contribution in [1.29, 1.82) is 0 Å². The number of likely N-dealkylation sites (N-methyl/N-ethyl adjacent to an activating group) is 1. The number of hydrogen-bond donors (Lipinski definition) is 2. The van der Waals surface area contributed by atoms with E-state index in [4.69, 9.17) is 10.5 Å². The maximum atomic E-state index is 13.6.